The Morgan fingerprint density at radius 2 is 1.77 bits per heavy atom. The van der Waals surface area contributed by atoms with Crippen LogP contribution < -0.4 is 10.2 Å². The molecule has 0 saturated heterocycles. The van der Waals surface area contributed by atoms with E-state index in [-0.39, 0.29) is 0 Å². The van der Waals surface area contributed by atoms with Crippen LogP contribution in [0.3, 0.4) is 0 Å². The molecule has 0 saturated carbocycles. The summed E-state index contributed by atoms with van der Waals surface area (Å²) in [4.78, 5) is 2.25. The van der Waals surface area contributed by atoms with Gasteiger partial charge in [0.15, 0.2) is 0 Å². The Labute approximate surface area is 157 Å². The van der Waals surface area contributed by atoms with E-state index in [1.54, 1.807) is 6.08 Å². The molecule has 0 aliphatic heterocycles. The maximum atomic E-state index is 3.78. The first-order valence-corrected chi connectivity index (χ1v) is 8.98. The Kier molecular flexibility index (Phi) is 8.01. The van der Waals surface area contributed by atoms with E-state index in [1.165, 1.54) is 16.8 Å². The number of allylic oxidation sites excluding steroid dienone is 5. The van der Waals surface area contributed by atoms with Gasteiger partial charge in [-0.2, -0.15) is 0 Å². The topological polar surface area (TPSA) is 15.3 Å². The first kappa shape index (κ1) is 19.3. The van der Waals surface area contributed by atoms with Gasteiger partial charge in [-0.05, 0) is 48.0 Å². The van der Waals surface area contributed by atoms with Crippen LogP contribution in [0.2, 0.25) is 0 Å². The van der Waals surface area contributed by atoms with Gasteiger partial charge in [-0.25, -0.2) is 0 Å². The number of hydrogen-bond donors (Lipinski definition) is 1. The van der Waals surface area contributed by atoms with Gasteiger partial charge in [0.05, 0.1) is 0 Å². The maximum Gasteiger partial charge on any atom is 0.0426 e. The van der Waals surface area contributed by atoms with Gasteiger partial charge in [0.2, 0.25) is 0 Å². The molecule has 2 aromatic carbocycles. The Hall–Kier alpha value is -3.00. The Balaban J connectivity index is 2.01. The minimum atomic E-state index is 0.900. The van der Waals surface area contributed by atoms with Crippen LogP contribution in [-0.4, -0.2) is 13.6 Å². The summed E-state index contributed by atoms with van der Waals surface area (Å²) in [6, 6.07) is 19.1. The number of anilines is 1. The third kappa shape index (κ3) is 6.48. The van der Waals surface area contributed by atoms with Crippen molar-refractivity contribution in [2.24, 2.45) is 0 Å². The molecule has 134 valence electrons. The molecule has 26 heavy (non-hydrogen) atoms. The van der Waals surface area contributed by atoms with Crippen molar-refractivity contribution in [3.8, 4) is 0 Å². The lowest BCUT2D eigenvalue weighted by molar-refractivity contribution is 0.919. The molecule has 2 heteroatoms. The lowest BCUT2D eigenvalue weighted by atomic mass is 10.1. The quantitative estimate of drug-likeness (QED) is 0.598. The van der Waals surface area contributed by atoms with E-state index in [2.05, 4.69) is 91.5 Å². The second-order valence-corrected chi connectivity index (χ2v) is 6.06. The Bertz CT molecular complexity index is 753. The largest absolute Gasteiger partial charge is 0.391 e. The van der Waals surface area contributed by atoms with Gasteiger partial charge in [-0.1, -0.05) is 73.3 Å². The number of benzene rings is 2. The fourth-order valence-electron chi connectivity index (χ4n) is 2.56. The SMILES string of the molecule is C=C/C=C(\C=C/NCC)/C=C/c1ccc(N(C)Cc2ccccc2)cc1. The molecule has 0 heterocycles. The molecule has 0 radical (unpaired) electrons. The number of rotatable bonds is 9. The summed E-state index contributed by atoms with van der Waals surface area (Å²) < 4.78 is 0. The highest BCUT2D eigenvalue weighted by Crippen LogP contribution is 2.17. The van der Waals surface area contributed by atoms with Crippen LogP contribution in [0.15, 0.2) is 97.3 Å². The average molecular weight is 345 g/mol. The van der Waals surface area contributed by atoms with Crippen LogP contribution in [0.5, 0.6) is 0 Å². The van der Waals surface area contributed by atoms with Crippen molar-refractivity contribution in [1.82, 2.24) is 5.32 Å². The van der Waals surface area contributed by atoms with E-state index in [9.17, 15) is 0 Å². The monoisotopic (exact) mass is 344 g/mol. The molecule has 0 fully saturated rings. The number of nitrogens with zero attached hydrogens (tertiary/aromatic N) is 1. The van der Waals surface area contributed by atoms with Gasteiger partial charge in [-0.3, -0.25) is 0 Å². The van der Waals surface area contributed by atoms with E-state index < -0.39 is 0 Å². The molecule has 0 atom stereocenters. The maximum absolute atomic E-state index is 3.78. The fraction of sp³-hybridized carbons (Fsp3) is 0.167. The summed E-state index contributed by atoms with van der Waals surface area (Å²) in [5.74, 6) is 0. The highest BCUT2D eigenvalue weighted by Gasteiger charge is 2.01. The van der Waals surface area contributed by atoms with Crippen LogP contribution in [0.25, 0.3) is 6.08 Å². The molecule has 0 spiro atoms. The first-order valence-electron chi connectivity index (χ1n) is 8.98. The van der Waals surface area contributed by atoms with E-state index in [0.717, 1.165) is 18.7 Å². The fourth-order valence-corrected chi connectivity index (χ4v) is 2.56. The molecule has 2 aromatic rings. The molecule has 0 aromatic heterocycles. The second kappa shape index (κ2) is 10.8. The summed E-state index contributed by atoms with van der Waals surface area (Å²) in [6.45, 7) is 7.67. The van der Waals surface area contributed by atoms with Gasteiger partial charge in [0.25, 0.3) is 0 Å². The van der Waals surface area contributed by atoms with E-state index in [4.69, 9.17) is 0 Å². The Morgan fingerprint density at radius 1 is 1.04 bits per heavy atom. The summed E-state index contributed by atoms with van der Waals surface area (Å²) in [7, 11) is 2.12. The molecule has 2 rings (SSSR count). The van der Waals surface area contributed by atoms with Gasteiger partial charge < -0.3 is 10.2 Å². The summed E-state index contributed by atoms with van der Waals surface area (Å²) in [5, 5.41) is 3.18. The predicted molar refractivity (Wildman–Crippen MR) is 115 cm³/mol. The average Bonchev–Trinajstić information content (AvgIpc) is 2.67. The van der Waals surface area contributed by atoms with Crippen LogP contribution in [0, 0.1) is 0 Å². The number of nitrogens with one attached hydrogen (secondary N) is 1. The minimum Gasteiger partial charge on any atom is -0.391 e. The lowest BCUT2D eigenvalue weighted by Gasteiger charge is -2.19. The summed E-state index contributed by atoms with van der Waals surface area (Å²) >= 11 is 0. The van der Waals surface area contributed by atoms with Gasteiger partial charge in [-0.15, -0.1) is 0 Å². The molecular weight excluding hydrogens is 316 g/mol. The normalized spacial score (nSPS) is 11.8. The minimum absolute atomic E-state index is 0.900. The highest BCUT2D eigenvalue weighted by molar-refractivity contribution is 5.59. The zero-order valence-electron chi connectivity index (χ0n) is 15.7. The van der Waals surface area contributed by atoms with E-state index in [1.807, 2.05) is 24.4 Å². The molecule has 1 N–H and O–H groups in total. The second-order valence-electron chi connectivity index (χ2n) is 6.06. The number of hydrogen-bond acceptors (Lipinski definition) is 2. The molecule has 0 bridgehead atoms. The highest BCUT2D eigenvalue weighted by atomic mass is 15.1. The third-order valence-corrected chi connectivity index (χ3v) is 3.97. The van der Waals surface area contributed by atoms with Crippen LogP contribution in [-0.2, 0) is 6.54 Å². The van der Waals surface area contributed by atoms with Crippen molar-refractivity contribution in [3.63, 3.8) is 0 Å². The van der Waals surface area contributed by atoms with Crippen LogP contribution >= 0.6 is 0 Å². The van der Waals surface area contributed by atoms with Crippen molar-refractivity contribution in [3.05, 3.63) is 108 Å². The molecule has 0 amide bonds. The van der Waals surface area contributed by atoms with Crippen LogP contribution in [0.1, 0.15) is 18.1 Å². The summed E-state index contributed by atoms with van der Waals surface area (Å²) in [5.41, 5.74) is 4.80. The van der Waals surface area contributed by atoms with Crippen molar-refractivity contribution >= 4 is 11.8 Å². The molecule has 0 aliphatic carbocycles. The van der Waals surface area contributed by atoms with Gasteiger partial charge >= 0.3 is 0 Å². The van der Waals surface area contributed by atoms with Crippen LogP contribution in [0.4, 0.5) is 5.69 Å². The van der Waals surface area contributed by atoms with E-state index >= 15 is 0 Å². The standard InChI is InChI=1S/C24H28N2/c1-4-9-21(18-19-25-5-2)12-13-22-14-16-24(17-15-22)26(3)20-23-10-7-6-8-11-23/h4,6-19,25H,1,5,20H2,2-3H3/b13-12+,19-18-,21-9-. The third-order valence-electron chi connectivity index (χ3n) is 3.97. The van der Waals surface area contributed by atoms with Crippen molar-refractivity contribution in [1.29, 1.82) is 0 Å². The predicted octanol–water partition coefficient (Wildman–Crippen LogP) is 5.57. The Morgan fingerprint density at radius 3 is 2.42 bits per heavy atom. The zero-order chi connectivity index (χ0) is 18.6. The smallest absolute Gasteiger partial charge is 0.0426 e. The van der Waals surface area contributed by atoms with Crippen molar-refractivity contribution in [2.45, 2.75) is 13.5 Å². The van der Waals surface area contributed by atoms with Crippen molar-refractivity contribution in [2.75, 3.05) is 18.5 Å². The lowest BCUT2D eigenvalue weighted by Crippen LogP contribution is -2.16. The molecule has 2 nitrogen and oxygen atoms in total. The van der Waals surface area contributed by atoms with Crippen molar-refractivity contribution < 1.29 is 0 Å². The van der Waals surface area contributed by atoms with E-state index in [0.29, 0.717) is 0 Å². The first-order chi connectivity index (χ1) is 12.7. The molecule has 0 aliphatic rings. The molecule has 0 unspecified atom stereocenters. The molecular formula is C24H28N2. The zero-order valence-corrected chi connectivity index (χ0v) is 15.7. The van der Waals surface area contributed by atoms with Gasteiger partial charge in [0.1, 0.15) is 0 Å². The van der Waals surface area contributed by atoms with Gasteiger partial charge in [0, 0.05) is 25.8 Å². The summed E-state index contributed by atoms with van der Waals surface area (Å²) in [6.07, 6.45) is 12.0.